The Hall–Kier alpha value is 0.771. The third-order valence-corrected chi connectivity index (χ3v) is 11.5. The van der Waals surface area contributed by atoms with E-state index in [4.69, 9.17) is 6.33 Å². The Labute approximate surface area is 99.0 Å². The summed E-state index contributed by atoms with van der Waals surface area (Å²) in [7, 11) is -1.94. The van der Waals surface area contributed by atoms with E-state index in [1.165, 1.54) is 0 Å². The maximum absolute atomic E-state index is 9.71. The SMILES string of the molecule is CCC[O][Ti]([OH])([OH])[O][Si](CC)(CC)CC. The predicted octanol–water partition coefficient (Wildman–Crippen LogP) is 2.23. The van der Waals surface area contributed by atoms with Crippen molar-refractivity contribution in [3.8, 4) is 0 Å². The fourth-order valence-corrected chi connectivity index (χ4v) is 9.75. The summed E-state index contributed by atoms with van der Waals surface area (Å²) >= 11 is -4.37. The summed E-state index contributed by atoms with van der Waals surface area (Å²) in [6.07, 6.45) is 0.774. The van der Waals surface area contributed by atoms with E-state index in [1.54, 1.807) is 0 Å². The Bertz CT molecular complexity index is 165. The van der Waals surface area contributed by atoms with Crippen molar-refractivity contribution in [1.82, 2.24) is 0 Å². The Morgan fingerprint density at radius 2 is 1.47 bits per heavy atom. The summed E-state index contributed by atoms with van der Waals surface area (Å²) in [6, 6.07) is 2.72. The molecule has 0 aliphatic heterocycles. The van der Waals surface area contributed by atoms with Gasteiger partial charge in [-0.25, -0.2) is 0 Å². The van der Waals surface area contributed by atoms with E-state index >= 15 is 0 Å². The van der Waals surface area contributed by atoms with Gasteiger partial charge in [-0.1, -0.05) is 0 Å². The van der Waals surface area contributed by atoms with Crippen molar-refractivity contribution >= 4 is 8.32 Å². The van der Waals surface area contributed by atoms with E-state index in [1.807, 2.05) is 6.92 Å². The maximum atomic E-state index is 9.71. The van der Waals surface area contributed by atoms with Crippen LogP contribution in [0, 0.1) is 0 Å². The van der Waals surface area contributed by atoms with E-state index in [0.29, 0.717) is 6.61 Å². The van der Waals surface area contributed by atoms with Gasteiger partial charge in [-0.3, -0.25) is 0 Å². The molecule has 0 saturated heterocycles. The van der Waals surface area contributed by atoms with Crippen LogP contribution >= 0.6 is 0 Å². The zero-order valence-electron chi connectivity index (χ0n) is 10.2. The zero-order valence-corrected chi connectivity index (χ0v) is 12.8. The summed E-state index contributed by atoms with van der Waals surface area (Å²) in [5.41, 5.74) is 0. The second-order valence-electron chi connectivity index (χ2n) is 3.74. The molecule has 0 aromatic rings. The normalized spacial score (nSPS) is 13.2. The molecule has 0 aromatic heterocycles. The van der Waals surface area contributed by atoms with Crippen LogP contribution in [0.1, 0.15) is 34.1 Å². The molecule has 2 N–H and O–H groups in total. The summed E-state index contributed by atoms with van der Waals surface area (Å²) in [6.45, 7) is 8.46. The summed E-state index contributed by atoms with van der Waals surface area (Å²) in [5, 5.41) is 0. The first-order chi connectivity index (χ1) is 6.95. The number of hydrogen-bond donors (Lipinski definition) is 2. The van der Waals surface area contributed by atoms with Gasteiger partial charge in [0, 0.05) is 0 Å². The van der Waals surface area contributed by atoms with Gasteiger partial charge in [0.15, 0.2) is 0 Å². The summed E-state index contributed by atoms with van der Waals surface area (Å²) < 4.78 is 30.1. The van der Waals surface area contributed by atoms with Gasteiger partial charge in [0.25, 0.3) is 0 Å². The molecule has 4 nitrogen and oxygen atoms in total. The van der Waals surface area contributed by atoms with Gasteiger partial charge in [-0.15, -0.1) is 0 Å². The second kappa shape index (κ2) is 7.17. The van der Waals surface area contributed by atoms with Crippen LogP contribution in [0.3, 0.4) is 0 Å². The van der Waals surface area contributed by atoms with E-state index in [9.17, 15) is 7.38 Å². The topological polar surface area (TPSA) is 58.9 Å². The molecule has 0 bridgehead atoms. The molecule has 0 rings (SSSR count). The van der Waals surface area contributed by atoms with Crippen molar-refractivity contribution < 1.29 is 31.8 Å². The van der Waals surface area contributed by atoms with Crippen molar-refractivity contribution in [2.45, 2.75) is 52.2 Å². The fraction of sp³-hybridized carbons (Fsp3) is 1.00. The molecule has 0 aliphatic rings. The monoisotopic (exact) mass is 272 g/mol. The van der Waals surface area contributed by atoms with Gasteiger partial charge in [0.2, 0.25) is 0 Å². The number of hydrogen-bond acceptors (Lipinski definition) is 4. The molecule has 6 heteroatoms. The Kier molecular flexibility index (Phi) is 7.53. The van der Waals surface area contributed by atoms with Crippen LogP contribution in [-0.2, 0) is 24.5 Å². The molecule has 0 spiro atoms. The Balaban J connectivity index is 4.37. The molecule has 0 aliphatic carbocycles. The average Bonchev–Trinajstić information content (AvgIpc) is 2.23. The summed E-state index contributed by atoms with van der Waals surface area (Å²) in [5.74, 6) is 0. The van der Waals surface area contributed by atoms with Crippen molar-refractivity contribution in [2.75, 3.05) is 6.61 Å². The fourth-order valence-electron chi connectivity index (χ4n) is 1.51. The van der Waals surface area contributed by atoms with Crippen LogP contribution in [0.15, 0.2) is 0 Å². The summed E-state index contributed by atoms with van der Waals surface area (Å²) in [4.78, 5) is 0. The van der Waals surface area contributed by atoms with Crippen molar-refractivity contribution in [3.05, 3.63) is 0 Å². The van der Waals surface area contributed by atoms with Crippen LogP contribution in [0.25, 0.3) is 0 Å². The van der Waals surface area contributed by atoms with Gasteiger partial charge >= 0.3 is 99.0 Å². The molecule has 0 saturated carbocycles. The van der Waals surface area contributed by atoms with Gasteiger partial charge in [-0.2, -0.15) is 0 Å². The number of rotatable bonds is 8. The van der Waals surface area contributed by atoms with Crippen LogP contribution in [-0.4, -0.2) is 22.3 Å². The minimum atomic E-state index is -4.37. The zero-order chi connectivity index (χ0) is 11.9. The standard InChI is InChI=1S/C6H15OSi.C3H7O.2H2O.Ti/c1-4-8(7,5-2)6-3;1-2-3-4;;;/h4-6H2,1-3H3;2-3H2,1H3;2*1H2;/q2*-1;;;+4/p-2. The Morgan fingerprint density at radius 1 is 1.00 bits per heavy atom. The van der Waals surface area contributed by atoms with Gasteiger partial charge in [0.05, 0.1) is 0 Å². The quantitative estimate of drug-likeness (QED) is 0.665. The van der Waals surface area contributed by atoms with E-state index in [-0.39, 0.29) is 0 Å². The molecule has 0 heterocycles. The molecule has 0 fully saturated rings. The van der Waals surface area contributed by atoms with Gasteiger partial charge in [-0.05, 0) is 0 Å². The van der Waals surface area contributed by atoms with Crippen molar-refractivity contribution in [3.63, 3.8) is 0 Å². The van der Waals surface area contributed by atoms with Crippen molar-refractivity contribution in [2.24, 2.45) is 0 Å². The third kappa shape index (κ3) is 5.58. The second-order valence-corrected chi connectivity index (χ2v) is 11.6. The third-order valence-electron chi connectivity index (χ3n) is 2.78. The average molecular weight is 272 g/mol. The molecule has 0 atom stereocenters. The van der Waals surface area contributed by atoms with Crippen molar-refractivity contribution in [1.29, 1.82) is 0 Å². The van der Waals surface area contributed by atoms with Gasteiger partial charge < -0.3 is 0 Å². The van der Waals surface area contributed by atoms with Crippen LogP contribution in [0.5, 0.6) is 0 Å². The Morgan fingerprint density at radius 3 is 1.80 bits per heavy atom. The first-order valence-electron chi connectivity index (χ1n) is 5.74. The first kappa shape index (κ1) is 15.8. The van der Waals surface area contributed by atoms with Crippen LogP contribution < -0.4 is 0 Å². The van der Waals surface area contributed by atoms with E-state index < -0.39 is 26.5 Å². The van der Waals surface area contributed by atoms with E-state index in [2.05, 4.69) is 20.8 Å². The molecule has 92 valence electrons. The van der Waals surface area contributed by atoms with Gasteiger partial charge in [0.1, 0.15) is 0 Å². The molecular weight excluding hydrogens is 248 g/mol. The molecule has 15 heavy (non-hydrogen) atoms. The molecule has 0 radical (unpaired) electrons. The molecule has 0 amide bonds. The minimum absolute atomic E-state index is 0.370. The van der Waals surface area contributed by atoms with Crippen LogP contribution in [0.2, 0.25) is 18.1 Å². The molecular formula is C9H24O4SiTi. The molecule has 0 aromatic carbocycles. The predicted molar refractivity (Wildman–Crippen MR) is 59.0 cm³/mol. The first-order valence-corrected chi connectivity index (χ1v) is 10.9. The van der Waals surface area contributed by atoms with Crippen LogP contribution in [0.4, 0.5) is 0 Å². The molecule has 0 unspecified atom stereocenters. The van der Waals surface area contributed by atoms with E-state index in [0.717, 1.165) is 24.6 Å².